The molecule has 0 radical (unpaired) electrons. The van der Waals surface area contributed by atoms with Gasteiger partial charge in [-0.2, -0.15) is 0 Å². The third kappa shape index (κ3) is 2.51. The highest BCUT2D eigenvalue weighted by atomic mass is 28.4. The van der Waals surface area contributed by atoms with Gasteiger partial charge in [0.25, 0.3) is 0 Å². The molecular formula is C6H14O5Si. The normalized spacial score (nSPS) is 22.8. The fraction of sp³-hybridized carbons (Fsp3) is 1.00. The Kier molecular flexibility index (Phi) is 3.63. The van der Waals surface area contributed by atoms with Crippen LogP contribution in [-0.4, -0.2) is 49.7 Å². The van der Waals surface area contributed by atoms with E-state index in [2.05, 4.69) is 0 Å². The molecule has 1 saturated heterocycles. The molecule has 0 aromatic carbocycles. The van der Waals surface area contributed by atoms with Crippen molar-refractivity contribution < 1.29 is 22.4 Å². The molecule has 1 aliphatic rings. The minimum absolute atomic E-state index is 0.192. The van der Waals surface area contributed by atoms with E-state index in [0.717, 1.165) is 6.61 Å². The van der Waals surface area contributed by atoms with E-state index < -0.39 is 9.05 Å². The molecule has 0 unspecified atom stereocenters. The maximum atomic E-state index is 5.35. The Morgan fingerprint density at radius 2 is 1.75 bits per heavy atom. The van der Waals surface area contributed by atoms with E-state index in [1.807, 2.05) is 0 Å². The molecule has 1 rings (SSSR count). The molecule has 0 amide bonds. The molecule has 0 bridgehead atoms. The zero-order valence-electron chi connectivity index (χ0n) is 7.53. The van der Waals surface area contributed by atoms with E-state index >= 15 is 0 Å². The first-order chi connectivity index (χ1) is 5.76. The number of hydrogen-bond donors (Lipinski definition) is 0. The van der Waals surface area contributed by atoms with E-state index in [-0.39, 0.29) is 6.10 Å². The van der Waals surface area contributed by atoms with Gasteiger partial charge in [-0.15, -0.1) is 0 Å². The van der Waals surface area contributed by atoms with Crippen LogP contribution in [0.4, 0.5) is 0 Å². The van der Waals surface area contributed by atoms with Gasteiger partial charge in [0, 0.05) is 21.3 Å². The van der Waals surface area contributed by atoms with E-state index in [1.54, 1.807) is 0 Å². The first-order valence-corrected chi connectivity index (χ1v) is 5.30. The van der Waals surface area contributed by atoms with Crippen LogP contribution >= 0.6 is 0 Å². The molecule has 1 aliphatic heterocycles. The van der Waals surface area contributed by atoms with Crippen LogP contribution in [0, 0.1) is 0 Å². The van der Waals surface area contributed by atoms with Crippen molar-refractivity contribution in [2.45, 2.75) is 6.10 Å². The maximum absolute atomic E-state index is 5.35. The fourth-order valence-electron chi connectivity index (χ4n) is 0.786. The predicted molar refractivity (Wildman–Crippen MR) is 42.5 cm³/mol. The van der Waals surface area contributed by atoms with Gasteiger partial charge in [0.15, 0.2) is 0 Å². The lowest BCUT2D eigenvalue weighted by atomic mass is 10.5. The summed E-state index contributed by atoms with van der Waals surface area (Å²) < 4.78 is 25.4. The molecule has 0 saturated carbocycles. The lowest BCUT2D eigenvalue weighted by molar-refractivity contribution is 0.00234. The molecule has 0 aromatic heterocycles. The Labute approximate surface area is 73.0 Å². The van der Waals surface area contributed by atoms with E-state index in [1.165, 1.54) is 21.3 Å². The second-order valence-corrected chi connectivity index (χ2v) is 4.89. The van der Waals surface area contributed by atoms with E-state index in [0.29, 0.717) is 6.61 Å². The van der Waals surface area contributed by atoms with Crippen LogP contribution < -0.4 is 0 Å². The number of rotatable bonds is 6. The molecular weight excluding hydrogens is 180 g/mol. The lowest BCUT2D eigenvalue weighted by Crippen LogP contribution is -2.47. The highest BCUT2D eigenvalue weighted by molar-refractivity contribution is 6.53. The predicted octanol–water partition coefficient (Wildman–Crippen LogP) is -0.223. The number of ether oxygens (including phenoxy) is 1. The number of epoxide rings is 1. The SMILES string of the molecule is CO[Si](OC)(OC)OC[C@H]1CO1. The van der Waals surface area contributed by atoms with Gasteiger partial charge in [-0.05, 0) is 0 Å². The largest absolute Gasteiger partial charge is 0.678 e. The summed E-state index contributed by atoms with van der Waals surface area (Å²) in [5.74, 6) is 0. The summed E-state index contributed by atoms with van der Waals surface area (Å²) in [6.45, 7) is 1.23. The average Bonchev–Trinajstić information content (AvgIpc) is 2.92. The molecule has 72 valence electrons. The second kappa shape index (κ2) is 4.31. The summed E-state index contributed by atoms with van der Waals surface area (Å²) in [5, 5.41) is 0. The van der Waals surface area contributed by atoms with Gasteiger partial charge in [0.2, 0.25) is 0 Å². The van der Waals surface area contributed by atoms with Crippen molar-refractivity contribution >= 4 is 9.05 Å². The molecule has 0 aromatic rings. The Balaban J connectivity index is 2.28. The topological polar surface area (TPSA) is 49.5 Å². The van der Waals surface area contributed by atoms with Crippen molar-refractivity contribution in [3.63, 3.8) is 0 Å². The van der Waals surface area contributed by atoms with Crippen molar-refractivity contribution in [1.29, 1.82) is 0 Å². The molecule has 0 N–H and O–H groups in total. The van der Waals surface area contributed by atoms with Crippen molar-refractivity contribution in [1.82, 2.24) is 0 Å². The van der Waals surface area contributed by atoms with Gasteiger partial charge in [-0.3, -0.25) is 0 Å². The molecule has 0 spiro atoms. The summed E-state index contributed by atoms with van der Waals surface area (Å²) in [5.41, 5.74) is 0. The zero-order valence-corrected chi connectivity index (χ0v) is 8.53. The number of hydrogen-bond acceptors (Lipinski definition) is 5. The maximum Gasteiger partial charge on any atom is 0.678 e. The standard InChI is InChI=1S/C6H14O5Si/c1-7-12(8-2,9-3)11-5-6-4-10-6/h6H,4-5H2,1-3H3/t6-/m1/s1. The van der Waals surface area contributed by atoms with Gasteiger partial charge in [-0.1, -0.05) is 0 Å². The molecule has 1 heterocycles. The molecule has 0 aliphatic carbocycles. The highest BCUT2D eigenvalue weighted by Crippen LogP contribution is 2.14. The molecule has 6 heteroatoms. The molecule has 12 heavy (non-hydrogen) atoms. The van der Waals surface area contributed by atoms with Crippen LogP contribution in [0.5, 0.6) is 0 Å². The van der Waals surface area contributed by atoms with Crippen molar-refractivity contribution in [2.75, 3.05) is 34.5 Å². The lowest BCUT2D eigenvalue weighted by Gasteiger charge is -2.22. The summed E-state index contributed by atoms with van der Waals surface area (Å²) in [6, 6.07) is 0. The van der Waals surface area contributed by atoms with Crippen LogP contribution in [0.2, 0.25) is 0 Å². The van der Waals surface area contributed by atoms with Crippen LogP contribution in [0.25, 0.3) is 0 Å². The van der Waals surface area contributed by atoms with Gasteiger partial charge < -0.3 is 22.4 Å². The Morgan fingerprint density at radius 3 is 2.08 bits per heavy atom. The van der Waals surface area contributed by atoms with Crippen LogP contribution in [0.1, 0.15) is 0 Å². The smallest absolute Gasteiger partial charge is 0.371 e. The molecule has 1 fully saturated rings. The van der Waals surface area contributed by atoms with E-state index in [4.69, 9.17) is 22.4 Å². The van der Waals surface area contributed by atoms with Crippen molar-refractivity contribution in [3.8, 4) is 0 Å². The first kappa shape index (κ1) is 10.1. The quantitative estimate of drug-likeness (QED) is 0.432. The first-order valence-electron chi connectivity index (χ1n) is 3.67. The van der Waals surface area contributed by atoms with E-state index in [9.17, 15) is 0 Å². The van der Waals surface area contributed by atoms with Crippen molar-refractivity contribution in [3.05, 3.63) is 0 Å². The van der Waals surface area contributed by atoms with Crippen LogP contribution in [-0.2, 0) is 22.4 Å². The van der Waals surface area contributed by atoms with Crippen LogP contribution in [0.15, 0.2) is 0 Å². The summed E-state index contributed by atoms with van der Waals surface area (Å²) in [4.78, 5) is 0. The average molecular weight is 194 g/mol. The second-order valence-electron chi connectivity index (χ2n) is 2.38. The third-order valence-corrected chi connectivity index (χ3v) is 3.62. The minimum Gasteiger partial charge on any atom is -0.371 e. The molecule has 1 atom stereocenters. The van der Waals surface area contributed by atoms with Crippen LogP contribution in [0.3, 0.4) is 0 Å². The summed E-state index contributed by atoms with van der Waals surface area (Å²) in [6.07, 6.45) is 0.192. The Morgan fingerprint density at radius 1 is 1.25 bits per heavy atom. The minimum atomic E-state index is -2.82. The highest BCUT2D eigenvalue weighted by Gasteiger charge is 2.44. The zero-order chi connectivity index (χ0) is 9.03. The Hall–Kier alpha value is 0.0169. The van der Waals surface area contributed by atoms with Gasteiger partial charge in [0.05, 0.1) is 13.2 Å². The van der Waals surface area contributed by atoms with Gasteiger partial charge >= 0.3 is 9.05 Å². The summed E-state index contributed by atoms with van der Waals surface area (Å²) >= 11 is 0. The Bertz CT molecular complexity index is 126. The van der Waals surface area contributed by atoms with Crippen molar-refractivity contribution in [2.24, 2.45) is 0 Å². The monoisotopic (exact) mass is 194 g/mol. The van der Waals surface area contributed by atoms with Gasteiger partial charge in [0.1, 0.15) is 6.10 Å². The van der Waals surface area contributed by atoms with Gasteiger partial charge in [-0.25, -0.2) is 0 Å². The fourth-order valence-corrected chi connectivity index (χ4v) is 2.03. The third-order valence-electron chi connectivity index (χ3n) is 1.60. The molecule has 5 nitrogen and oxygen atoms in total. The summed E-state index contributed by atoms with van der Waals surface area (Å²) in [7, 11) is 1.70.